The average Bonchev–Trinajstić information content (AvgIpc) is 2.64. The minimum Gasteiger partial charge on any atom is -0.377 e. The van der Waals surface area contributed by atoms with E-state index in [1.807, 2.05) is 32.0 Å². The van der Waals surface area contributed by atoms with Crippen molar-refractivity contribution in [3.05, 3.63) is 85.3 Å². The Hall–Kier alpha value is -1.67. The molecule has 3 aromatic carbocycles. The van der Waals surface area contributed by atoms with Crippen LogP contribution < -0.4 is 4.18 Å². The predicted octanol–water partition coefficient (Wildman–Crippen LogP) is 7.00. The topological polar surface area (TPSA) is 55.7 Å². The number of aryl methyl sites for hydroxylation is 2. The molecular formula is C21H16Br2ClNO3S. The van der Waals surface area contributed by atoms with Gasteiger partial charge in [-0.3, -0.25) is 4.99 Å². The Labute approximate surface area is 192 Å². The van der Waals surface area contributed by atoms with Crippen LogP contribution in [0, 0.1) is 13.8 Å². The summed E-state index contributed by atoms with van der Waals surface area (Å²) in [6.45, 7) is 3.98. The lowest BCUT2D eigenvalue weighted by molar-refractivity contribution is 0.484. The van der Waals surface area contributed by atoms with E-state index in [2.05, 4.69) is 36.9 Å². The number of aliphatic imine (C=N–C) groups is 1. The third-order valence-corrected chi connectivity index (χ3v) is 6.56. The molecule has 4 nitrogen and oxygen atoms in total. The summed E-state index contributed by atoms with van der Waals surface area (Å²) in [6.07, 6.45) is 1.58. The summed E-state index contributed by atoms with van der Waals surface area (Å²) in [5, 5.41) is 0.440. The van der Waals surface area contributed by atoms with E-state index in [-0.39, 0.29) is 10.6 Å². The highest BCUT2D eigenvalue weighted by Crippen LogP contribution is 2.35. The lowest BCUT2D eigenvalue weighted by atomic mass is 10.1. The van der Waals surface area contributed by atoms with Gasteiger partial charge in [0, 0.05) is 21.3 Å². The van der Waals surface area contributed by atoms with Crippen LogP contribution in [0.2, 0.25) is 5.02 Å². The molecule has 0 saturated heterocycles. The van der Waals surface area contributed by atoms with Crippen LogP contribution in [0.3, 0.4) is 0 Å². The van der Waals surface area contributed by atoms with E-state index >= 15 is 0 Å². The highest BCUT2D eigenvalue weighted by Gasteiger charge is 2.21. The molecule has 0 aliphatic heterocycles. The van der Waals surface area contributed by atoms with Gasteiger partial charge in [-0.2, -0.15) is 8.42 Å². The molecule has 0 aromatic heterocycles. The van der Waals surface area contributed by atoms with Crippen LogP contribution >= 0.6 is 43.5 Å². The summed E-state index contributed by atoms with van der Waals surface area (Å²) in [4.78, 5) is 4.52. The smallest absolute Gasteiger partial charge is 0.339 e. The molecule has 0 aliphatic rings. The number of halogens is 3. The van der Waals surface area contributed by atoms with Crippen LogP contribution in [0.4, 0.5) is 5.69 Å². The first kappa shape index (κ1) is 22.0. The molecule has 150 valence electrons. The van der Waals surface area contributed by atoms with Crippen LogP contribution in [-0.4, -0.2) is 14.6 Å². The van der Waals surface area contributed by atoms with Gasteiger partial charge in [-0.25, -0.2) is 0 Å². The Kier molecular flexibility index (Phi) is 6.83. The summed E-state index contributed by atoms with van der Waals surface area (Å²) in [7, 11) is -4.05. The Morgan fingerprint density at radius 3 is 2.34 bits per heavy atom. The van der Waals surface area contributed by atoms with Gasteiger partial charge in [0.25, 0.3) is 0 Å². The first-order valence-corrected chi connectivity index (χ1v) is 11.8. The van der Waals surface area contributed by atoms with Gasteiger partial charge in [-0.05, 0) is 77.8 Å². The maximum Gasteiger partial charge on any atom is 0.339 e. The quantitative estimate of drug-likeness (QED) is 0.251. The Morgan fingerprint density at radius 1 is 1.00 bits per heavy atom. The van der Waals surface area contributed by atoms with Crippen molar-refractivity contribution in [3.8, 4) is 5.75 Å². The molecule has 0 radical (unpaired) electrons. The molecule has 0 spiro atoms. The lowest BCUT2D eigenvalue weighted by Gasteiger charge is -2.12. The van der Waals surface area contributed by atoms with Crippen molar-refractivity contribution in [2.45, 2.75) is 18.7 Å². The van der Waals surface area contributed by atoms with E-state index in [0.29, 0.717) is 15.1 Å². The zero-order chi connectivity index (χ0) is 21.2. The molecule has 3 rings (SSSR count). The molecule has 0 fully saturated rings. The van der Waals surface area contributed by atoms with Crippen molar-refractivity contribution < 1.29 is 12.6 Å². The van der Waals surface area contributed by atoms with Crippen LogP contribution in [0.1, 0.15) is 16.7 Å². The fourth-order valence-electron chi connectivity index (χ4n) is 2.61. The molecule has 0 unspecified atom stereocenters. The average molecular weight is 558 g/mol. The maximum atomic E-state index is 12.7. The van der Waals surface area contributed by atoms with Gasteiger partial charge in [0.2, 0.25) is 0 Å². The predicted molar refractivity (Wildman–Crippen MR) is 124 cm³/mol. The van der Waals surface area contributed by atoms with Crippen LogP contribution in [0.15, 0.2) is 73.4 Å². The summed E-state index contributed by atoms with van der Waals surface area (Å²) in [5.74, 6) is 0.150. The van der Waals surface area contributed by atoms with Crippen molar-refractivity contribution in [3.63, 3.8) is 0 Å². The highest BCUT2D eigenvalue weighted by atomic mass is 79.9. The molecule has 0 amide bonds. The number of benzene rings is 3. The van der Waals surface area contributed by atoms with Crippen molar-refractivity contribution >= 4 is 65.5 Å². The molecule has 0 saturated carbocycles. The molecular weight excluding hydrogens is 542 g/mol. The van der Waals surface area contributed by atoms with E-state index in [4.69, 9.17) is 15.8 Å². The van der Waals surface area contributed by atoms with Gasteiger partial charge in [0.05, 0.1) is 10.2 Å². The fraction of sp³-hybridized carbons (Fsp3) is 0.0952. The first-order valence-electron chi connectivity index (χ1n) is 8.46. The zero-order valence-corrected chi connectivity index (χ0v) is 20.2. The van der Waals surface area contributed by atoms with Crippen LogP contribution in [-0.2, 0) is 10.1 Å². The van der Waals surface area contributed by atoms with E-state index in [0.717, 1.165) is 21.3 Å². The molecule has 29 heavy (non-hydrogen) atoms. The van der Waals surface area contributed by atoms with Crippen LogP contribution in [0.25, 0.3) is 0 Å². The minimum atomic E-state index is -4.05. The third-order valence-electron chi connectivity index (χ3n) is 4.03. The monoisotopic (exact) mass is 555 g/mol. The maximum absolute atomic E-state index is 12.7. The summed E-state index contributed by atoms with van der Waals surface area (Å²) >= 11 is 12.6. The number of hydrogen-bond acceptors (Lipinski definition) is 4. The second-order valence-corrected chi connectivity index (χ2v) is 10.1. The highest BCUT2D eigenvalue weighted by molar-refractivity contribution is 9.11. The van der Waals surface area contributed by atoms with Gasteiger partial charge >= 0.3 is 10.1 Å². The largest absolute Gasteiger partial charge is 0.377 e. The van der Waals surface area contributed by atoms with Gasteiger partial charge in [0.1, 0.15) is 4.90 Å². The van der Waals surface area contributed by atoms with Crippen molar-refractivity contribution in [1.82, 2.24) is 0 Å². The van der Waals surface area contributed by atoms with Crippen molar-refractivity contribution in [2.24, 2.45) is 4.99 Å². The van der Waals surface area contributed by atoms with Crippen molar-refractivity contribution in [2.75, 3.05) is 0 Å². The molecule has 0 N–H and O–H groups in total. The molecule has 0 atom stereocenters. The standard InChI is InChI=1S/C21H16Br2ClNO3S/c1-13-3-8-20(14(2)9-13)25-12-15-10-16(22)11-19(23)21(15)28-29(26,27)18-6-4-17(24)5-7-18/h3-12H,1-2H3. The Balaban J connectivity index is 2.01. The minimum absolute atomic E-state index is 0.00832. The van der Waals surface area contributed by atoms with Crippen LogP contribution in [0.5, 0.6) is 5.75 Å². The number of rotatable bonds is 5. The van der Waals surface area contributed by atoms with Crippen molar-refractivity contribution in [1.29, 1.82) is 0 Å². The molecule has 3 aromatic rings. The molecule has 0 aliphatic carbocycles. The molecule has 8 heteroatoms. The number of nitrogens with zero attached hydrogens (tertiary/aromatic N) is 1. The van der Waals surface area contributed by atoms with E-state index in [1.54, 1.807) is 18.3 Å². The summed E-state index contributed by atoms with van der Waals surface area (Å²) < 4.78 is 32.1. The summed E-state index contributed by atoms with van der Waals surface area (Å²) in [6, 6.07) is 15.2. The van der Waals surface area contributed by atoms with E-state index in [9.17, 15) is 8.42 Å². The Morgan fingerprint density at radius 2 is 1.69 bits per heavy atom. The van der Waals surface area contributed by atoms with E-state index in [1.165, 1.54) is 24.3 Å². The first-order chi connectivity index (χ1) is 13.7. The zero-order valence-electron chi connectivity index (χ0n) is 15.5. The van der Waals surface area contributed by atoms with Gasteiger partial charge < -0.3 is 4.18 Å². The Bertz CT molecular complexity index is 1190. The van der Waals surface area contributed by atoms with Gasteiger partial charge in [-0.1, -0.05) is 45.2 Å². The second kappa shape index (κ2) is 9.00. The third kappa shape index (κ3) is 5.48. The van der Waals surface area contributed by atoms with E-state index < -0.39 is 10.1 Å². The van der Waals surface area contributed by atoms with Gasteiger partial charge in [-0.15, -0.1) is 0 Å². The molecule has 0 bridgehead atoms. The summed E-state index contributed by atoms with van der Waals surface area (Å²) in [5.41, 5.74) is 3.46. The molecule has 0 heterocycles. The van der Waals surface area contributed by atoms with Gasteiger partial charge in [0.15, 0.2) is 5.75 Å². The lowest BCUT2D eigenvalue weighted by Crippen LogP contribution is -2.11. The second-order valence-electron chi connectivity index (χ2n) is 6.35. The number of hydrogen-bond donors (Lipinski definition) is 0. The normalized spacial score (nSPS) is 11.8. The SMILES string of the molecule is Cc1ccc(N=Cc2cc(Br)cc(Br)c2OS(=O)(=O)c2ccc(Cl)cc2)c(C)c1. The fourth-order valence-corrected chi connectivity index (χ4v) is 5.16.